The van der Waals surface area contributed by atoms with Gasteiger partial charge in [-0.05, 0) is 39.3 Å². The highest BCUT2D eigenvalue weighted by Crippen LogP contribution is 2.29. The van der Waals surface area contributed by atoms with E-state index in [0.717, 1.165) is 34.8 Å². The molecule has 0 unspecified atom stereocenters. The zero-order chi connectivity index (χ0) is 19.8. The Labute approximate surface area is 164 Å². The molecule has 0 spiro atoms. The number of amides is 1. The van der Waals surface area contributed by atoms with E-state index in [1.807, 2.05) is 32.9 Å². The Morgan fingerprint density at radius 2 is 2.04 bits per heavy atom. The minimum atomic E-state index is -0.504. The zero-order valence-corrected chi connectivity index (χ0v) is 17.0. The van der Waals surface area contributed by atoms with Crippen molar-refractivity contribution in [2.75, 3.05) is 6.61 Å². The number of aromatic nitrogens is 1. The molecule has 27 heavy (non-hydrogen) atoms. The molecule has 0 radical (unpaired) electrons. The number of hydrogen-bond acceptors (Lipinski definition) is 6. The Morgan fingerprint density at radius 3 is 2.70 bits per heavy atom. The van der Waals surface area contributed by atoms with Gasteiger partial charge in [-0.2, -0.15) is 0 Å². The second-order valence-electron chi connectivity index (χ2n) is 6.42. The van der Waals surface area contributed by atoms with Crippen LogP contribution in [0.2, 0.25) is 0 Å². The maximum atomic E-state index is 12.4. The second-order valence-corrected chi connectivity index (χ2v) is 7.44. The number of esters is 1. The fourth-order valence-corrected chi connectivity index (χ4v) is 3.84. The van der Waals surface area contributed by atoms with Gasteiger partial charge >= 0.3 is 5.97 Å². The SMILES string of the molecule is CCC[C@H](C)NC(=O)COC(=O)c1ccccc1SCc1c(C)noc1C. The van der Waals surface area contributed by atoms with E-state index in [1.165, 1.54) is 11.8 Å². The van der Waals surface area contributed by atoms with Crippen LogP contribution in [0.15, 0.2) is 33.7 Å². The molecule has 1 N–H and O–H groups in total. The molecule has 2 aromatic rings. The summed E-state index contributed by atoms with van der Waals surface area (Å²) in [6.07, 6.45) is 1.87. The van der Waals surface area contributed by atoms with Crippen molar-refractivity contribution in [1.29, 1.82) is 0 Å². The Bertz CT molecular complexity index is 769. The minimum absolute atomic E-state index is 0.0686. The van der Waals surface area contributed by atoms with Crippen LogP contribution in [0, 0.1) is 13.8 Å². The standard InChI is InChI=1S/C20H26N2O4S/c1-5-8-13(2)21-19(23)11-25-20(24)16-9-6-7-10-18(16)27-12-17-14(3)22-26-15(17)4/h6-7,9-10,13H,5,8,11-12H2,1-4H3,(H,21,23)/t13-/m0/s1. The number of nitrogens with zero attached hydrogens (tertiary/aromatic N) is 1. The number of ether oxygens (including phenoxy) is 1. The lowest BCUT2D eigenvalue weighted by Crippen LogP contribution is -2.35. The van der Waals surface area contributed by atoms with Crippen molar-refractivity contribution in [2.45, 2.75) is 57.2 Å². The monoisotopic (exact) mass is 390 g/mol. The molecule has 6 nitrogen and oxygen atoms in total. The maximum Gasteiger partial charge on any atom is 0.339 e. The van der Waals surface area contributed by atoms with Gasteiger partial charge < -0.3 is 14.6 Å². The van der Waals surface area contributed by atoms with E-state index in [1.54, 1.807) is 12.1 Å². The number of aryl methyl sites for hydroxylation is 2. The van der Waals surface area contributed by atoms with Crippen molar-refractivity contribution >= 4 is 23.6 Å². The highest BCUT2D eigenvalue weighted by atomic mass is 32.2. The fraction of sp³-hybridized carbons (Fsp3) is 0.450. The average molecular weight is 391 g/mol. The molecule has 1 heterocycles. The molecule has 1 amide bonds. The first-order valence-electron chi connectivity index (χ1n) is 9.02. The lowest BCUT2D eigenvalue weighted by molar-refractivity contribution is -0.124. The molecule has 146 valence electrons. The largest absolute Gasteiger partial charge is 0.452 e. The van der Waals surface area contributed by atoms with Crippen molar-refractivity contribution in [3.8, 4) is 0 Å². The first-order chi connectivity index (χ1) is 12.9. The van der Waals surface area contributed by atoms with Crippen molar-refractivity contribution in [2.24, 2.45) is 0 Å². The summed E-state index contributed by atoms with van der Waals surface area (Å²) in [7, 11) is 0. The van der Waals surface area contributed by atoms with Gasteiger partial charge in [-0.3, -0.25) is 4.79 Å². The number of carbonyl (C=O) groups is 2. The molecular weight excluding hydrogens is 364 g/mol. The van der Waals surface area contributed by atoms with Crippen LogP contribution in [0.3, 0.4) is 0 Å². The summed E-state index contributed by atoms with van der Waals surface area (Å²) < 4.78 is 10.4. The van der Waals surface area contributed by atoms with Gasteiger partial charge in [0.2, 0.25) is 0 Å². The molecule has 0 saturated carbocycles. The summed E-state index contributed by atoms with van der Waals surface area (Å²) in [6.45, 7) is 7.47. The summed E-state index contributed by atoms with van der Waals surface area (Å²) >= 11 is 1.51. The average Bonchev–Trinajstić information content (AvgIpc) is 2.96. The first-order valence-corrected chi connectivity index (χ1v) is 10.0. The van der Waals surface area contributed by atoms with Gasteiger partial charge in [0.25, 0.3) is 5.91 Å². The third-order valence-corrected chi connectivity index (χ3v) is 5.22. The van der Waals surface area contributed by atoms with Crippen LogP contribution < -0.4 is 5.32 Å². The lowest BCUT2D eigenvalue weighted by Gasteiger charge is -2.13. The van der Waals surface area contributed by atoms with E-state index in [4.69, 9.17) is 9.26 Å². The van der Waals surface area contributed by atoms with Crippen LogP contribution in [0.4, 0.5) is 0 Å². The van der Waals surface area contributed by atoms with E-state index in [9.17, 15) is 9.59 Å². The molecule has 7 heteroatoms. The number of carbonyl (C=O) groups excluding carboxylic acids is 2. The Balaban J connectivity index is 1.96. The summed E-state index contributed by atoms with van der Waals surface area (Å²) in [4.78, 5) is 25.1. The summed E-state index contributed by atoms with van der Waals surface area (Å²) in [5, 5.41) is 6.77. The highest BCUT2D eigenvalue weighted by Gasteiger charge is 2.17. The Hall–Kier alpha value is -2.28. The molecule has 0 aliphatic rings. The van der Waals surface area contributed by atoms with Crippen LogP contribution >= 0.6 is 11.8 Å². The third kappa shape index (κ3) is 6.13. The topological polar surface area (TPSA) is 81.4 Å². The van der Waals surface area contributed by atoms with Crippen molar-refractivity contribution < 1.29 is 18.8 Å². The summed E-state index contributed by atoms with van der Waals surface area (Å²) in [6, 6.07) is 7.28. The Kier molecular flexibility index (Phi) is 7.91. The molecule has 1 atom stereocenters. The molecule has 0 aliphatic heterocycles. The number of rotatable bonds is 9. The third-order valence-electron chi connectivity index (χ3n) is 4.12. The van der Waals surface area contributed by atoms with E-state index in [0.29, 0.717) is 11.3 Å². The van der Waals surface area contributed by atoms with Gasteiger partial charge in [0, 0.05) is 22.3 Å². The van der Waals surface area contributed by atoms with Gasteiger partial charge in [0.1, 0.15) is 5.76 Å². The number of thioether (sulfide) groups is 1. The molecule has 1 aromatic carbocycles. The quantitative estimate of drug-likeness (QED) is 0.514. The smallest absolute Gasteiger partial charge is 0.339 e. The number of nitrogens with one attached hydrogen (secondary N) is 1. The molecule has 0 fully saturated rings. The molecule has 1 aromatic heterocycles. The zero-order valence-electron chi connectivity index (χ0n) is 16.2. The number of hydrogen-bond donors (Lipinski definition) is 1. The van der Waals surface area contributed by atoms with Crippen LogP contribution in [0.5, 0.6) is 0 Å². The number of benzene rings is 1. The van der Waals surface area contributed by atoms with Gasteiger partial charge in [0.05, 0.1) is 11.3 Å². The molecule has 0 bridgehead atoms. The van der Waals surface area contributed by atoms with E-state index in [-0.39, 0.29) is 18.6 Å². The van der Waals surface area contributed by atoms with Crippen LogP contribution in [0.1, 0.15) is 54.1 Å². The van der Waals surface area contributed by atoms with Crippen molar-refractivity contribution in [1.82, 2.24) is 10.5 Å². The maximum absolute atomic E-state index is 12.4. The normalized spacial score (nSPS) is 11.9. The Morgan fingerprint density at radius 1 is 1.30 bits per heavy atom. The predicted octanol–water partition coefficient (Wildman–Crippen LogP) is 4.05. The van der Waals surface area contributed by atoms with Crippen molar-refractivity contribution in [3.63, 3.8) is 0 Å². The highest BCUT2D eigenvalue weighted by molar-refractivity contribution is 7.98. The minimum Gasteiger partial charge on any atom is -0.452 e. The van der Waals surface area contributed by atoms with E-state index < -0.39 is 5.97 Å². The van der Waals surface area contributed by atoms with Crippen molar-refractivity contribution in [3.05, 3.63) is 46.8 Å². The van der Waals surface area contributed by atoms with Gasteiger partial charge in [-0.15, -0.1) is 11.8 Å². The molecule has 2 rings (SSSR count). The summed E-state index contributed by atoms with van der Waals surface area (Å²) in [5.74, 6) is 0.624. The second kappa shape index (κ2) is 10.2. The molecular formula is C20H26N2O4S. The van der Waals surface area contributed by atoms with Crippen LogP contribution in [0.25, 0.3) is 0 Å². The van der Waals surface area contributed by atoms with Gasteiger partial charge in [0.15, 0.2) is 6.61 Å². The van der Waals surface area contributed by atoms with E-state index >= 15 is 0 Å². The molecule has 0 aliphatic carbocycles. The predicted molar refractivity (Wildman–Crippen MR) is 105 cm³/mol. The fourth-order valence-electron chi connectivity index (χ4n) is 2.65. The van der Waals surface area contributed by atoms with Gasteiger partial charge in [-0.1, -0.05) is 30.6 Å². The molecule has 0 saturated heterocycles. The van der Waals surface area contributed by atoms with E-state index in [2.05, 4.69) is 17.4 Å². The summed E-state index contributed by atoms with van der Waals surface area (Å²) in [5.41, 5.74) is 2.31. The van der Waals surface area contributed by atoms with Gasteiger partial charge in [-0.25, -0.2) is 4.79 Å². The lowest BCUT2D eigenvalue weighted by atomic mass is 10.2. The van der Waals surface area contributed by atoms with Crippen LogP contribution in [-0.2, 0) is 15.3 Å². The first kappa shape index (κ1) is 21.0. The van der Waals surface area contributed by atoms with Crippen LogP contribution in [-0.4, -0.2) is 29.7 Å².